The Morgan fingerprint density at radius 1 is 1.14 bits per heavy atom. The number of ether oxygens (including phenoxy) is 1. The van der Waals surface area contributed by atoms with E-state index in [-0.39, 0.29) is 17.0 Å². The van der Waals surface area contributed by atoms with Crippen LogP contribution in [0.4, 0.5) is 5.69 Å². The average molecular weight is 499 g/mol. The summed E-state index contributed by atoms with van der Waals surface area (Å²) in [4.78, 5) is 25.9. The van der Waals surface area contributed by atoms with E-state index in [2.05, 4.69) is 5.32 Å². The van der Waals surface area contributed by atoms with E-state index in [1.807, 2.05) is 52.8 Å². The molecule has 4 rings (SSSR count). The van der Waals surface area contributed by atoms with Gasteiger partial charge in [0.2, 0.25) is 0 Å². The predicted molar refractivity (Wildman–Crippen MR) is 144 cm³/mol. The topological polar surface area (TPSA) is 121 Å². The predicted octanol–water partition coefficient (Wildman–Crippen LogP) is 5.63. The molecule has 2 heterocycles. The van der Waals surface area contributed by atoms with Crippen LogP contribution in [0.1, 0.15) is 55.2 Å². The summed E-state index contributed by atoms with van der Waals surface area (Å²) in [6, 6.07) is 15.2. The largest absolute Gasteiger partial charge is 0.456 e. The second-order valence-electron chi connectivity index (χ2n) is 9.96. The van der Waals surface area contributed by atoms with Gasteiger partial charge in [-0.3, -0.25) is 20.2 Å². The van der Waals surface area contributed by atoms with Crippen LogP contribution in [-0.4, -0.2) is 22.5 Å². The first kappa shape index (κ1) is 25.6. The van der Waals surface area contributed by atoms with Gasteiger partial charge >= 0.3 is 5.97 Å². The lowest BCUT2D eigenvalue weighted by Gasteiger charge is -2.22. The van der Waals surface area contributed by atoms with Crippen molar-refractivity contribution in [3.8, 4) is 11.3 Å². The fraction of sp³-hybridized carbons (Fsp3) is 0.241. The molecule has 0 saturated carbocycles. The molecule has 0 fully saturated rings. The molecule has 3 N–H and O–H groups in total. The third-order valence-corrected chi connectivity index (χ3v) is 5.79. The number of rotatable bonds is 6. The Labute approximate surface area is 214 Å². The number of pyridine rings is 1. The first-order chi connectivity index (χ1) is 17.5. The molecule has 2 aromatic carbocycles. The van der Waals surface area contributed by atoms with Crippen molar-refractivity contribution in [2.75, 3.05) is 5.32 Å². The van der Waals surface area contributed by atoms with E-state index in [4.69, 9.17) is 20.0 Å². The molecule has 1 atom stereocenters. The highest BCUT2D eigenvalue weighted by atomic mass is 16.6. The van der Waals surface area contributed by atoms with Gasteiger partial charge in [-0.1, -0.05) is 18.2 Å². The van der Waals surface area contributed by atoms with Crippen molar-refractivity contribution < 1.29 is 13.9 Å². The molecular formula is C29H30N4O4. The molecule has 0 bridgehead atoms. The lowest BCUT2D eigenvalue weighted by Crippen LogP contribution is -2.24. The first-order valence-corrected chi connectivity index (χ1v) is 11.9. The van der Waals surface area contributed by atoms with Crippen LogP contribution in [0.15, 0.2) is 70.0 Å². The fourth-order valence-electron chi connectivity index (χ4n) is 4.11. The second kappa shape index (κ2) is 9.89. The van der Waals surface area contributed by atoms with Gasteiger partial charge in [-0.2, -0.15) is 0 Å². The van der Waals surface area contributed by atoms with E-state index in [9.17, 15) is 9.59 Å². The van der Waals surface area contributed by atoms with Gasteiger partial charge in [0, 0.05) is 29.1 Å². The van der Waals surface area contributed by atoms with Gasteiger partial charge < -0.3 is 14.5 Å². The number of benzene rings is 2. The number of hydrogen-bond donors (Lipinski definition) is 3. The molecule has 190 valence electrons. The summed E-state index contributed by atoms with van der Waals surface area (Å²) in [7, 11) is 0. The van der Waals surface area contributed by atoms with Crippen LogP contribution in [0.2, 0.25) is 0 Å². The number of esters is 1. The minimum absolute atomic E-state index is 0.0909. The van der Waals surface area contributed by atoms with Gasteiger partial charge in [-0.25, -0.2) is 4.79 Å². The maximum absolute atomic E-state index is 13.1. The summed E-state index contributed by atoms with van der Waals surface area (Å²) in [6.45, 7) is 9.32. The molecule has 0 saturated heterocycles. The van der Waals surface area contributed by atoms with Gasteiger partial charge in [-0.05, 0) is 70.5 Å². The van der Waals surface area contributed by atoms with Crippen LogP contribution < -0.4 is 16.2 Å². The SMILES string of the molecule is Cc1cc(C(C)Nc2ccccc2C(=O)OC(C)(C)C)c2oc(-c3ccn(C=N)c(=N)c3)cc(=O)c2c1. The zero-order chi connectivity index (χ0) is 26.9. The van der Waals surface area contributed by atoms with Crippen molar-refractivity contribution in [3.05, 3.63) is 93.2 Å². The third kappa shape index (κ3) is 5.53. The Balaban J connectivity index is 1.79. The lowest BCUT2D eigenvalue weighted by molar-refractivity contribution is 0.00706. The van der Waals surface area contributed by atoms with Crippen LogP contribution in [0.25, 0.3) is 22.3 Å². The Morgan fingerprint density at radius 3 is 2.54 bits per heavy atom. The molecule has 0 aliphatic heterocycles. The summed E-state index contributed by atoms with van der Waals surface area (Å²) >= 11 is 0. The quantitative estimate of drug-likeness (QED) is 0.181. The van der Waals surface area contributed by atoms with Gasteiger partial charge in [0.15, 0.2) is 5.43 Å². The molecule has 37 heavy (non-hydrogen) atoms. The number of para-hydroxylation sites is 1. The number of carbonyl (C=O) groups is 1. The molecular weight excluding hydrogens is 468 g/mol. The van der Waals surface area contributed by atoms with Gasteiger partial charge in [-0.15, -0.1) is 0 Å². The maximum Gasteiger partial charge on any atom is 0.340 e. The lowest BCUT2D eigenvalue weighted by atomic mass is 10.00. The van der Waals surface area contributed by atoms with Crippen LogP contribution >= 0.6 is 0 Å². The fourth-order valence-corrected chi connectivity index (χ4v) is 4.11. The molecule has 1 unspecified atom stereocenters. The molecule has 0 amide bonds. The number of aromatic nitrogens is 1. The summed E-state index contributed by atoms with van der Waals surface area (Å²) in [6.07, 6.45) is 2.61. The van der Waals surface area contributed by atoms with Crippen molar-refractivity contribution in [1.29, 1.82) is 10.8 Å². The van der Waals surface area contributed by atoms with E-state index < -0.39 is 11.6 Å². The molecule has 4 aromatic rings. The molecule has 8 nitrogen and oxygen atoms in total. The van der Waals surface area contributed by atoms with Gasteiger partial charge in [0.1, 0.15) is 22.4 Å². The summed E-state index contributed by atoms with van der Waals surface area (Å²) in [5, 5.41) is 19.3. The van der Waals surface area contributed by atoms with Gasteiger partial charge in [0.25, 0.3) is 0 Å². The monoisotopic (exact) mass is 498 g/mol. The number of carbonyl (C=O) groups excluding carboxylic acids is 1. The van der Waals surface area contributed by atoms with Crippen molar-refractivity contribution in [3.63, 3.8) is 0 Å². The third-order valence-electron chi connectivity index (χ3n) is 5.79. The van der Waals surface area contributed by atoms with Crippen LogP contribution in [-0.2, 0) is 4.74 Å². The molecule has 2 aromatic heterocycles. The highest BCUT2D eigenvalue weighted by Crippen LogP contribution is 2.31. The number of nitrogens with zero attached hydrogens (tertiary/aromatic N) is 1. The maximum atomic E-state index is 13.1. The second-order valence-corrected chi connectivity index (χ2v) is 9.96. The number of fused-ring (bicyclic) bond motifs is 1. The van der Waals surface area contributed by atoms with Crippen molar-refractivity contribution in [2.24, 2.45) is 0 Å². The number of anilines is 1. The van der Waals surface area contributed by atoms with Crippen molar-refractivity contribution >= 4 is 29.0 Å². The Kier molecular flexibility index (Phi) is 6.85. The summed E-state index contributed by atoms with van der Waals surface area (Å²) in [5.41, 5.74) is 2.93. The highest BCUT2D eigenvalue weighted by Gasteiger charge is 2.22. The number of nitrogens with one attached hydrogen (secondary N) is 3. The first-order valence-electron chi connectivity index (χ1n) is 11.9. The summed E-state index contributed by atoms with van der Waals surface area (Å²) in [5.74, 6) is -0.0993. The van der Waals surface area contributed by atoms with Crippen LogP contribution in [0.3, 0.4) is 0 Å². The minimum atomic E-state index is -0.628. The molecule has 0 radical (unpaired) electrons. The van der Waals surface area contributed by atoms with Crippen molar-refractivity contribution in [2.45, 2.75) is 46.3 Å². The number of aryl methyl sites for hydroxylation is 1. The number of hydrogen-bond acceptors (Lipinski definition) is 7. The zero-order valence-corrected chi connectivity index (χ0v) is 21.5. The highest BCUT2D eigenvalue weighted by molar-refractivity contribution is 5.96. The van der Waals surface area contributed by atoms with E-state index >= 15 is 0 Å². The Bertz CT molecular complexity index is 1630. The van der Waals surface area contributed by atoms with E-state index in [0.717, 1.165) is 17.5 Å². The van der Waals surface area contributed by atoms with Gasteiger partial charge in [0.05, 0.1) is 23.3 Å². The molecule has 0 aliphatic rings. The minimum Gasteiger partial charge on any atom is -0.456 e. The standard InChI is InChI=1S/C29H30N4O4/c1-17-12-21(18(2)32-23-9-7-6-8-20(23)28(35)37-29(3,4)5)27-22(13-17)24(34)15-25(36-27)19-10-11-33(16-30)26(31)14-19/h6-16,18,30-32H,1-5H3. The molecule has 0 spiro atoms. The Morgan fingerprint density at radius 2 is 1.86 bits per heavy atom. The molecule has 0 aliphatic carbocycles. The van der Waals surface area contributed by atoms with E-state index in [1.165, 1.54) is 10.6 Å². The zero-order valence-electron chi connectivity index (χ0n) is 21.5. The van der Waals surface area contributed by atoms with E-state index in [1.54, 1.807) is 36.5 Å². The normalized spacial score (nSPS) is 12.2. The van der Waals surface area contributed by atoms with Crippen LogP contribution in [0.5, 0.6) is 0 Å². The van der Waals surface area contributed by atoms with Crippen LogP contribution in [0, 0.1) is 17.7 Å². The average Bonchev–Trinajstić information content (AvgIpc) is 2.83. The molecule has 8 heteroatoms. The Hall–Kier alpha value is -4.46. The van der Waals surface area contributed by atoms with Crippen molar-refractivity contribution in [1.82, 2.24) is 4.57 Å². The van der Waals surface area contributed by atoms with E-state index in [0.29, 0.717) is 33.5 Å². The summed E-state index contributed by atoms with van der Waals surface area (Å²) < 4.78 is 13.2. The smallest absolute Gasteiger partial charge is 0.340 e.